The predicted molar refractivity (Wildman–Crippen MR) is 90.4 cm³/mol. The molecule has 1 aliphatic carbocycles. The van der Waals surface area contributed by atoms with Crippen LogP contribution < -0.4 is 5.32 Å². The Kier molecular flexibility index (Phi) is 3.96. The number of carbonyl (C=O) groups is 1. The van der Waals surface area contributed by atoms with Gasteiger partial charge in [-0.2, -0.15) is 0 Å². The molecule has 2 aromatic heterocycles. The van der Waals surface area contributed by atoms with Gasteiger partial charge in [-0.3, -0.25) is 4.98 Å². The van der Waals surface area contributed by atoms with Crippen LogP contribution >= 0.6 is 0 Å². The van der Waals surface area contributed by atoms with Gasteiger partial charge >= 0.3 is 6.03 Å². The molecule has 1 aliphatic heterocycles. The van der Waals surface area contributed by atoms with E-state index in [9.17, 15) is 4.79 Å². The van der Waals surface area contributed by atoms with Crippen LogP contribution in [-0.2, 0) is 7.05 Å². The highest BCUT2D eigenvalue weighted by atomic mass is 16.2. The van der Waals surface area contributed by atoms with Gasteiger partial charge in [0, 0.05) is 50.8 Å². The lowest BCUT2D eigenvalue weighted by molar-refractivity contribution is 0.202. The number of pyridine rings is 1. The molecule has 0 aromatic carbocycles. The number of amides is 2. The largest absolute Gasteiger partial charge is 0.338 e. The lowest BCUT2D eigenvalue weighted by Gasteiger charge is -2.23. The Hall–Kier alpha value is -2.37. The summed E-state index contributed by atoms with van der Waals surface area (Å²) in [4.78, 5) is 23.3. The first kappa shape index (κ1) is 15.2. The van der Waals surface area contributed by atoms with Crippen molar-refractivity contribution in [1.29, 1.82) is 0 Å². The van der Waals surface area contributed by atoms with E-state index in [1.54, 1.807) is 6.20 Å². The first-order valence-corrected chi connectivity index (χ1v) is 8.65. The molecule has 0 radical (unpaired) electrons. The molecule has 126 valence electrons. The molecule has 6 nitrogen and oxygen atoms in total. The quantitative estimate of drug-likeness (QED) is 0.939. The molecule has 2 atom stereocenters. The molecule has 2 unspecified atom stereocenters. The summed E-state index contributed by atoms with van der Waals surface area (Å²) < 4.78 is 2.05. The van der Waals surface area contributed by atoms with Gasteiger partial charge in [-0.25, -0.2) is 9.78 Å². The van der Waals surface area contributed by atoms with Crippen LogP contribution in [0.25, 0.3) is 0 Å². The summed E-state index contributed by atoms with van der Waals surface area (Å²) in [7, 11) is 2.01. The summed E-state index contributed by atoms with van der Waals surface area (Å²) in [6.07, 6.45) is 10.7. The van der Waals surface area contributed by atoms with E-state index in [0.717, 1.165) is 30.9 Å². The monoisotopic (exact) mass is 325 g/mol. The van der Waals surface area contributed by atoms with Crippen molar-refractivity contribution >= 4 is 6.03 Å². The van der Waals surface area contributed by atoms with Crippen LogP contribution in [0.15, 0.2) is 36.9 Å². The van der Waals surface area contributed by atoms with Gasteiger partial charge in [0.25, 0.3) is 0 Å². The van der Waals surface area contributed by atoms with E-state index in [1.165, 1.54) is 12.8 Å². The Morgan fingerprint density at radius 1 is 1.33 bits per heavy atom. The minimum absolute atomic E-state index is 0.0347. The first-order chi connectivity index (χ1) is 11.7. The fourth-order valence-corrected chi connectivity index (χ4v) is 3.61. The number of urea groups is 1. The van der Waals surface area contributed by atoms with E-state index in [4.69, 9.17) is 0 Å². The number of hydrogen-bond acceptors (Lipinski definition) is 3. The molecule has 2 aromatic rings. The van der Waals surface area contributed by atoms with Crippen molar-refractivity contribution in [1.82, 2.24) is 24.8 Å². The molecule has 2 fully saturated rings. The maximum Gasteiger partial charge on any atom is 0.317 e. The van der Waals surface area contributed by atoms with Gasteiger partial charge in [0.15, 0.2) is 0 Å². The third-order valence-corrected chi connectivity index (χ3v) is 5.11. The van der Waals surface area contributed by atoms with Crippen LogP contribution in [0, 0.1) is 5.92 Å². The normalized spacial score (nSPS) is 21.7. The number of aryl methyl sites for hydroxylation is 1. The van der Waals surface area contributed by atoms with Crippen LogP contribution in [0.5, 0.6) is 0 Å². The predicted octanol–water partition coefficient (Wildman–Crippen LogP) is 2.47. The van der Waals surface area contributed by atoms with Gasteiger partial charge in [-0.05, 0) is 36.8 Å². The van der Waals surface area contributed by atoms with Gasteiger partial charge < -0.3 is 14.8 Å². The summed E-state index contributed by atoms with van der Waals surface area (Å²) in [5, 5.41) is 3.24. The first-order valence-electron chi connectivity index (χ1n) is 8.65. The molecule has 3 heterocycles. The lowest BCUT2D eigenvalue weighted by atomic mass is 10.0. The van der Waals surface area contributed by atoms with Crippen LogP contribution in [0.4, 0.5) is 4.79 Å². The molecular weight excluding hydrogens is 302 g/mol. The Balaban J connectivity index is 1.42. The molecule has 0 spiro atoms. The fourth-order valence-electron chi connectivity index (χ4n) is 3.61. The molecule has 2 aliphatic rings. The number of likely N-dealkylation sites (tertiary alicyclic amines) is 1. The van der Waals surface area contributed by atoms with Crippen LogP contribution in [0.1, 0.15) is 42.6 Å². The van der Waals surface area contributed by atoms with E-state index >= 15 is 0 Å². The number of aromatic nitrogens is 3. The van der Waals surface area contributed by atoms with Crippen molar-refractivity contribution in [3.05, 3.63) is 48.3 Å². The van der Waals surface area contributed by atoms with Crippen LogP contribution in [0.2, 0.25) is 0 Å². The topological polar surface area (TPSA) is 63.1 Å². The van der Waals surface area contributed by atoms with Crippen molar-refractivity contribution in [2.24, 2.45) is 13.0 Å². The minimum atomic E-state index is 0.0347. The molecular formula is C18H23N5O. The summed E-state index contributed by atoms with van der Waals surface area (Å²) in [5.41, 5.74) is 1.10. The molecule has 1 saturated carbocycles. The third kappa shape index (κ3) is 3.00. The summed E-state index contributed by atoms with van der Waals surface area (Å²) in [5.74, 6) is 1.94. The zero-order valence-corrected chi connectivity index (χ0v) is 13.9. The maximum atomic E-state index is 12.7. The standard InChI is InChI=1S/C18H23N5O/c1-22-10-8-20-17(22)15-6-9-23(12-15)18(24)21-16(13-4-5-13)14-3-2-7-19-11-14/h2-3,7-8,10-11,13,15-16H,4-6,9,12H2,1H3,(H,21,24). The highest BCUT2D eigenvalue weighted by Gasteiger charge is 2.36. The van der Waals surface area contributed by atoms with E-state index in [-0.39, 0.29) is 12.1 Å². The minimum Gasteiger partial charge on any atom is -0.338 e. The summed E-state index contributed by atoms with van der Waals surface area (Å²) in [6.45, 7) is 1.52. The maximum absolute atomic E-state index is 12.7. The zero-order chi connectivity index (χ0) is 16.5. The molecule has 4 rings (SSSR count). The van der Waals surface area contributed by atoms with Gasteiger partial charge in [0.1, 0.15) is 5.82 Å². The second-order valence-electron chi connectivity index (χ2n) is 6.88. The number of rotatable bonds is 4. The molecule has 1 saturated heterocycles. The number of hydrogen-bond donors (Lipinski definition) is 1. The van der Waals surface area contributed by atoms with E-state index in [1.807, 2.05) is 36.6 Å². The van der Waals surface area contributed by atoms with Crippen LogP contribution in [-0.4, -0.2) is 38.6 Å². The highest BCUT2D eigenvalue weighted by molar-refractivity contribution is 5.75. The molecule has 0 bridgehead atoms. The Morgan fingerprint density at radius 2 is 2.21 bits per heavy atom. The summed E-state index contributed by atoms with van der Waals surface area (Å²) in [6, 6.07) is 4.10. The summed E-state index contributed by atoms with van der Waals surface area (Å²) >= 11 is 0. The van der Waals surface area contributed by atoms with Crippen molar-refractivity contribution in [2.45, 2.75) is 31.2 Å². The van der Waals surface area contributed by atoms with Gasteiger partial charge in [0.05, 0.1) is 6.04 Å². The number of nitrogens with zero attached hydrogens (tertiary/aromatic N) is 4. The Morgan fingerprint density at radius 3 is 2.88 bits per heavy atom. The highest BCUT2D eigenvalue weighted by Crippen LogP contribution is 2.41. The van der Waals surface area contributed by atoms with Gasteiger partial charge in [0.2, 0.25) is 0 Å². The second-order valence-corrected chi connectivity index (χ2v) is 6.88. The van der Waals surface area contributed by atoms with Gasteiger partial charge in [-0.15, -0.1) is 0 Å². The molecule has 24 heavy (non-hydrogen) atoms. The van der Waals surface area contributed by atoms with E-state index in [2.05, 4.69) is 25.9 Å². The average molecular weight is 325 g/mol. The zero-order valence-electron chi connectivity index (χ0n) is 13.9. The lowest BCUT2D eigenvalue weighted by Crippen LogP contribution is -2.41. The molecule has 6 heteroatoms. The number of nitrogens with one attached hydrogen (secondary N) is 1. The van der Waals surface area contributed by atoms with Crippen LogP contribution in [0.3, 0.4) is 0 Å². The van der Waals surface area contributed by atoms with Crippen molar-refractivity contribution in [3.63, 3.8) is 0 Å². The average Bonchev–Trinajstić information content (AvgIpc) is 3.16. The van der Waals surface area contributed by atoms with Gasteiger partial charge in [-0.1, -0.05) is 6.07 Å². The number of imidazole rings is 1. The second kappa shape index (κ2) is 6.26. The number of carbonyl (C=O) groups excluding carboxylic acids is 1. The SMILES string of the molecule is Cn1ccnc1C1CCN(C(=O)NC(c2cccnc2)C2CC2)C1. The smallest absolute Gasteiger partial charge is 0.317 e. The van der Waals surface area contributed by atoms with E-state index < -0.39 is 0 Å². The van der Waals surface area contributed by atoms with E-state index in [0.29, 0.717) is 11.8 Å². The fraction of sp³-hybridized carbons (Fsp3) is 0.500. The van der Waals surface area contributed by atoms with Crippen molar-refractivity contribution in [3.8, 4) is 0 Å². The van der Waals surface area contributed by atoms with Crippen molar-refractivity contribution < 1.29 is 4.79 Å². The Bertz CT molecular complexity index is 709. The Labute approximate surface area is 141 Å². The van der Waals surface area contributed by atoms with Crippen molar-refractivity contribution in [2.75, 3.05) is 13.1 Å². The molecule has 1 N–H and O–H groups in total. The molecule has 2 amide bonds. The third-order valence-electron chi connectivity index (χ3n) is 5.11.